The van der Waals surface area contributed by atoms with Gasteiger partial charge < -0.3 is 11.1 Å². The zero-order valence-electron chi connectivity index (χ0n) is 11.4. The maximum atomic E-state index is 10.7. The molecule has 0 radical (unpaired) electrons. The van der Waals surface area contributed by atoms with E-state index in [4.69, 9.17) is 5.73 Å². The van der Waals surface area contributed by atoms with E-state index in [1.54, 1.807) is 6.07 Å². The van der Waals surface area contributed by atoms with Crippen molar-refractivity contribution in [1.82, 2.24) is 0 Å². The number of nitrogens with two attached hydrogens (primary N) is 1. The second-order valence-corrected chi connectivity index (χ2v) is 5.55. The molecule has 1 aliphatic rings. The number of nitrogen functional groups attached to an aromatic ring is 1. The lowest BCUT2D eigenvalue weighted by Gasteiger charge is -2.35. The molecule has 0 aromatic heterocycles. The van der Waals surface area contributed by atoms with Crippen LogP contribution in [0.5, 0.6) is 0 Å². The van der Waals surface area contributed by atoms with E-state index in [0.717, 1.165) is 12.1 Å². The number of nitrogens with one attached hydrogen (secondary N) is 1. The Morgan fingerprint density at radius 3 is 2.74 bits per heavy atom. The van der Waals surface area contributed by atoms with Crippen LogP contribution in [-0.4, -0.2) is 11.0 Å². The van der Waals surface area contributed by atoms with E-state index >= 15 is 0 Å². The lowest BCUT2D eigenvalue weighted by atomic mass is 9.78. The van der Waals surface area contributed by atoms with Crippen LogP contribution >= 0.6 is 0 Å². The van der Waals surface area contributed by atoms with Crippen molar-refractivity contribution in [2.45, 2.75) is 39.2 Å². The SMILES string of the molecule is CC1CCCC(Nc2ccc([N+](=O)[O-])cc2N)C1C. The topological polar surface area (TPSA) is 81.2 Å². The molecule has 0 aliphatic heterocycles. The predicted octanol–water partition coefficient (Wildman–Crippen LogP) is 3.41. The number of nitrogens with zero attached hydrogens (tertiary/aromatic N) is 1. The molecule has 0 saturated heterocycles. The molecule has 1 aliphatic carbocycles. The molecule has 3 unspecified atom stereocenters. The first-order valence-electron chi connectivity index (χ1n) is 6.79. The van der Waals surface area contributed by atoms with Crippen molar-refractivity contribution in [3.8, 4) is 0 Å². The first kappa shape index (κ1) is 13.6. The Kier molecular flexibility index (Phi) is 3.93. The molecule has 1 aromatic carbocycles. The fraction of sp³-hybridized carbons (Fsp3) is 0.571. The summed E-state index contributed by atoms with van der Waals surface area (Å²) in [6, 6.07) is 5.02. The number of rotatable bonds is 3. The van der Waals surface area contributed by atoms with Crippen LogP contribution < -0.4 is 11.1 Å². The average Bonchev–Trinajstić information content (AvgIpc) is 2.37. The van der Waals surface area contributed by atoms with Crippen LogP contribution in [0.3, 0.4) is 0 Å². The van der Waals surface area contributed by atoms with Crippen molar-refractivity contribution >= 4 is 17.1 Å². The van der Waals surface area contributed by atoms with Crippen LogP contribution in [0.25, 0.3) is 0 Å². The highest BCUT2D eigenvalue weighted by atomic mass is 16.6. The lowest BCUT2D eigenvalue weighted by Crippen LogP contribution is -2.35. The Balaban J connectivity index is 2.12. The largest absolute Gasteiger partial charge is 0.397 e. The summed E-state index contributed by atoms with van der Waals surface area (Å²) in [6.07, 6.45) is 3.62. The number of nitro benzene ring substituents is 1. The van der Waals surface area contributed by atoms with Crippen molar-refractivity contribution in [3.05, 3.63) is 28.3 Å². The standard InChI is InChI=1S/C14H21N3O2/c1-9-4-3-5-13(10(9)2)16-14-7-6-11(17(18)19)8-12(14)15/h6-10,13,16H,3-5,15H2,1-2H3. The monoisotopic (exact) mass is 263 g/mol. The summed E-state index contributed by atoms with van der Waals surface area (Å²) in [6.45, 7) is 4.53. The smallest absolute Gasteiger partial charge is 0.271 e. The zero-order valence-corrected chi connectivity index (χ0v) is 11.4. The molecular weight excluding hydrogens is 242 g/mol. The van der Waals surface area contributed by atoms with E-state index in [9.17, 15) is 10.1 Å². The Morgan fingerprint density at radius 2 is 2.11 bits per heavy atom. The molecule has 5 nitrogen and oxygen atoms in total. The van der Waals surface area contributed by atoms with Gasteiger partial charge in [0.2, 0.25) is 0 Å². The highest BCUT2D eigenvalue weighted by Crippen LogP contribution is 2.33. The number of hydrogen-bond acceptors (Lipinski definition) is 4. The molecule has 2 rings (SSSR count). The molecule has 104 valence electrons. The Morgan fingerprint density at radius 1 is 1.37 bits per heavy atom. The van der Waals surface area contributed by atoms with Gasteiger partial charge in [-0.25, -0.2) is 0 Å². The summed E-state index contributed by atoms with van der Waals surface area (Å²) in [5.41, 5.74) is 7.17. The van der Waals surface area contributed by atoms with Gasteiger partial charge in [-0.3, -0.25) is 10.1 Å². The van der Waals surface area contributed by atoms with Gasteiger partial charge in [-0.2, -0.15) is 0 Å². The van der Waals surface area contributed by atoms with Crippen molar-refractivity contribution in [1.29, 1.82) is 0 Å². The molecule has 0 amide bonds. The Labute approximate surface area is 113 Å². The molecular formula is C14H21N3O2. The van der Waals surface area contributed by atoms with Crippen LogP contribution in [0, 0.1) is 22.0 Å². The van der Waals surface area contributed by atoms with E-state index in [1.807, 2.05) is 0 Å². The lowest BCUT2D eigenvalue weighted by molar-refractivity contribution is -0.384. The van der Waals surface area contributed by atoms with Crippen LogP contribution in [0.15, 0.2) is 18.2 Å². The third-order valence-corrected chi connectivity index (χ3v) is 4.29. The second kappa shape index (κ2) is 5.47. The van der Waals surface area contributed by atoms with E-state index in [2.05, 4.69) is 19.2 Å². The molecule has 3 atom stereocenters. The third kappa shape index (κ3) is 2.97. The maximum absolute atomic E-state index is 10.7. The molecule has 1 fully saturated rings. The summed E-state index contributed by atoms with van der Waals surface area (Å²) in [4.78, 5) is 10.3. The summed E-state index contributed by atoms with van der Waals surface area (Å²) in [5, 5.41) is 14.1. The Bertz CT molecular complexity index is 476. The van der Waals surface area contributed by atoms with Crippen LogP contribution in [0.4, 0.5) is 17.1 Å². The van der Waals surface area contributed by atoms with Gasteiger partial charge in [-0.05, 0) is 24.3 Å². The number of hydrogen-bond donors (Lipinski definition) is 2. The van der Waals surface area contributed by atoms with E-state index in [-0.39, 0.29) is 5.69 Å². The Hall–Kier alpha value is -1.78. The van der Waals surface area contributed by atoms with Crippen LogP contribution in [0.1, 0.15) is 33.1 Å². The van der Waals surface area contributed by atoms with Crippen LogP contribution in [0.2, 0.25) is 0 Å². The molecule has 1 aromatic rings. The fourth-order valence-electron chi connectivity index (χ4n) is 2.78. The summed E-state index contributed by atoms with van der Waals surface area (Å²) in [5.74, 6) is 1.29. The highest BCUT2D eigenvalue weighted by molar-refractivity contribution is 5.69. The minimum absolute atomic E-state index is 0.0353. The van der Waals surface area contributed by atoms with Gasteiger partial charge in [-0.15, -0.1) is 0 Å². The number of non-ortho nitro benzene ring substituents is 1. The average molecular weight is 263 g/mol. The molecule has 19 heavy (non-hydrogen) atoms. The number of anilines is 2. The van der Waals surface area contributed by atoms with E-state index in [0.29, 0.717) is 23.6 Å². The number of nitro groups is 1. The fourth-order valence-corrected chi connectivity index (χ4v) is 2.78. The first-order valence-corrected chi connectivity index (χ1v) is 6.79. The van der Waals surface area contributed by atoms with Crippen molar-refractivity contribution < 1.29 is 4.92 Å². The van der Waals surface area contributed by atoms with Gasteiger partial charge in [0.1, 0.15) is 0 Å². The molecule has 5 heteroatoms. The minimum Gasteiger partial charge on any atom is -0.397 e. The van der Waals surface area contributed by atoms with Crippen LogP contribution in [-0.2, 0) is 0 Å². The third-order valence-electron chi connectivity index (χ3n) is 4.29. The van der Waals surface area contributed by atoms with E-state index in [1.165, 1.54) is 25.0 Å². The van der Waals surface area contributed by atoms with E-state index < -0.39 is 4.92 Å². The molecule has 3 N–H and O–H groups in total. The second-order valence-electron chi connectivity index (χ2n) is 5.55. The predicted molar refractivity (Wildman–Crippen MR) is 77.1 cm³/mol. The number of benzene rings is 1. The molecule has 1 saturated carbocycles. The van der Waals surface area contributed by atoms with Gasteiger partial charge in [0.15, 0.2) is 0 Å². The molecule has 0 bridgehead atoms. The van der Waals surface area contributed by atoms with Gasteiger partial charge in [0.05, 0.1) is 16.3 Å². The highest BCUT2D eigenvalue weighted by Gasteiger charge is 2.27. The van der Waals surface area contributed by atoms with Gasteiger partial charge in [0, 0.05) is 18.2 Å². The maximum Gasteiger partial charge on any atom is 0.271 e. The minimum atomic E-state index is -0.425. The van der Waals surface area contributed by atoms with Crippen molar-refractivity contribution in [2.24, 2.45) is 11.8 Å². The zero-order chi connectivity index (χ0) is 14.0. The van der Waals surface area contributed by atoms with Crippen molar-refractivity contribution in [2.75, 3.05) is 11.1 Å². The van der Waals surface area contributed by atoms with Gasteiger partial charge in [-0.1, -0.05) is 26.7 Å². The normalized spacial score (nSPS) is 26.9. The summed E-state index contributed by atoms with van der Waals surface area (Å²) >= 11 is 0. The molecule has 0 heterocycles. The van der Waals surface area contributed by atoms with Crippen molar-refractivity contribution in [3.63, 3.8) is 0 Å². The molecule has 0 spiro atoms. The summed E-state index contributed by atoms with van der Waals surface area (Å²) < 4.78 is 0. The quantitative estimate of drug-likeness (QED) is 0.497. The first-order chi connectivity index (χ1) is 8.99. The van der Waals surface area contributed by atoms with Gasteiger partial charge in [0.25, 0.3) is 5.69 Å². The summed E-state index contributed by atoms with van der Waals surface area (Å²) in [7, 11) is 0. The van der Waals surface area contributed by atoms with Gasteiger partial charge >= 0.3 is 0 Å².